The lowest BCUT2D eigenvalue weighted by Gasteiger charge is -2.38. The van der Waals surface area contributed by atoms with Crippen molar-refractivity contribution in [1.82, 2.24) is 19.8 Å². The third-order valence-corrected chi connectivity index (χ3v) is 7.43. The van der Waals surface area contributed by atoms with Crippen LogP contribution in [0.3, 0.4) is 0 Å². The molecule has 1 aliphatic rings. The number of thiazole rings is 1. The molecule has 2 aromatic carbocycles. The van der Waals surface area contributed by atoms with Crippen molar-refractivity contribution in [3.05, 3.63) is 78.1 Å². The van der Waals surface area contributed by atoms with Crippen LogP contribution in [-0.2, 0) is 9.53 Å². The number of carbonyl (C=O) groups excluding carboxylic acids is 2. The number of benzene rings is 2. The van der Waals surface area contributed by atoms with Crippen LogP contribution >= 0.6 is 11.3 Å². The molecule has 0 spiro atoms. The summed E-state index contributed by atoms with van der Waals surface area (Å²) in [5, 5.41) is 0.857. The molecule has 1 atom stereocenters. The number of rotatable bonds is 6. The molecule has 5 rings (SSSR count). The Morgan fingerprint density at radius 2 is 1.75 bits per heavy atom. The lowest BCUT2D eigenvalue weighted by Crippen LogP contribution is -2.51. The van der Waals surface area contributed by atoms with Crippen molar-refractivity contribution in [3.63, 3.8) is 0 Å². The van der Waals surface area contributed by atoms with Crippen LogP contribution < -0.4 is 4.74 Å². The number of methoxy groups -OCH3 is 2. The minimum Gasteiger partial charge on any atom is -0.497 e. The Morgan fingerprint density at radius 3 is 2.47 bits per heavy atom. The van der Waals surface area contributed by atoms with Crippen molar-refractivity contribution in [1.29, 1.82) is 0 Å². The minimum atomic E-state index is -0.517. The molecule has 0 N–H and O–H groups in total. The van der Waals surface area contributed by atoms with Crippen LogP contribution in [0.15, 0.2) is 67.0 Å². The molecule has 0 bridgehead atoms. The molecular formula is C27H26N4O4S. The summed E-state index contributed by atoms with van der Waals surface area (Å²) >= 11 is 1.57. The second-order valence-corrected chi connectivity index (χ2v) is 9.50. The summed E-state index contributed by atoms with van der Waals surface area (Å²) in [6.07, 6.45) is 3.33. The molecular weight excluding hydrogens is 476 g/mol. The Hall–Kier alpha value is -3.82. The number of carbonyl (C=O) groups is 2. The zero-order valence-corrected chi connectivity index (χ0v) is 20.9. The van der Waals surface area contributed by atoms with E-state index in [4.69, 9.17) is 14.5 Å². The van der Waals surface area contributed by atoms with Crippen LogP contribution in [0.4, 0.5) is 0 Å². The minimum absolute atomic E-state index is 0.0298. The number of fused-ring (bicyclic) bond motifs is 1. The molecule has 0 saturated carbocycles. The standard InChI is InChI=1S/C27H26N4O4S/c1-34-21-6-7-22-23(17-21)36-25(29-22)19-4-3-5-20(16-19)26(32)31-14-12-30(13-15-31)24(27(33)35-2)18-8-10-28-11-9-18/h3-11,16-17,24H,12-15H2,1-2H3. The third-order valence-electron chi connectivity index (χ3n) is 6.36. The maximum atomic E-state index is 13.3. The van der Waals surface area contributed by atoms with Crippen molar-refractivity contribution in [2.45, 2.75) is 6.04 Å². The normalized spacial score (nSPS) is 15.0. The number of amides is 1. The average molecular weight is 503 g/mol. The fourth-order valence-electron chi connectivity index (χ4n) is 4.46. The van der Waals surface area contributed by atoms with Crippen molar-refractivity contribution in [3.8, 4) is 16.3 Å². The van der Waals surface area contributed by atoms with Gasteiger partial charge in [0.05, 0.1) is 24.4 Å². The van der Waals surface area contributed by atoms with Gasteiger partial charge in [0, 0.05) is 49.7 Å². The number of nitrogens with zero attached hydrogens (tertiary/aromatic N) is 4. The van der Waals surface area contributed by atoms with Gasteiger partial charge in [-0.2, -0.15) is 0 Å². The fourth-order valence-corrected chi connectivity index (χ4v) is 5.45. The van der Waals surface area contributed by atoms with E-state index in [2.05, 4.69) is 9.88 Å². The van der Waals surface area contributed by atoms with Gasteiger partial charge >= 0.3 is 5.97 Å². The molecule has 0 aliphatic carbocycles. The third kappa shape index (κ3) is 4.80. The van der Waals surface area contributed by atoms with Crippen LogP contribution in [0.5, 0.6) is 5.75 Å². The summed E-state index contributed by atoms with van der Waals surface area (Å²) in [7, 11) is 3.04. The van der Waals surface area contributed by atoms with Gasteiger partial charge in [0.25, 0.3) is 5.91 Å². The molecule has 36 heavy (non-hydrogen) atoms. The summed E-state index contributed by atoms with van der Waals surface area (Å²) in [5.41, 5.74) is 3.26. The molecule has 8 nitrogen and oxygen atoms in total. The van der Waals surface area contributed by atoms with Crippen molar-refractivity contribution >= 4 is 33.4 Å². The number of esters is 1. The molecule has 4 aromatic rings. The highest BCUT2D eigenvalue weighted by atomic mass is 32.1. The van der Waals surface area contributed by atoms with Gasteiger partial charge in [-0.05, 0) is 48.0 Å². The first-order valence-corrected chi connectivity index (χ1v) is 12.4. The number of pyridine rings is 1. The molecule has 1 unspecified atom stereocenters. The molecule has 9 heteroatoms. The number of aromatic nitrogens is 2. The zero-order valence-electron chi connectivity index (χ0n) is 20.1. The van der Waals surface area contributed by atoms with Crippen LogP contribution in [0, 0.1) is 0 Å². The van der Waals surface area contributed by atoms with Crippen molar-refractivity contribution < 1.29 is 19.1 Å². The molecule has 0 radical (unpaired) electrons. The fraction of sp³-hybridized carbons (Fsp3) is 0.259. The van der Waals surface area contributed by atoms with Gasteiger partial charge in [-0.15, -0.1) is 11.3 Å². The lowest BCUT2D eigenvalue weighted by molar-refractivity contribution is -0.148. The van der Waals surface area contributed by atoms with E-state index in [9.17, 15) is 9.59 Å². The first-order chi connectivity index (χ1) is 17.6. The molecule has 1 saturated heterocycles. The van der Waals surface area contributed by atoms with Gasteiger partial charge in [0.1, 0.15) is 16.8 Å². The largest absolute Gasteiger partial charge is 0.497 e. The molecule has 1 amide bonds. The molecule has 3 heterocycles. The zero-order chi connectivity index (χ0) is 25.1. The summed E-state index contributed by atoms with van der Waals surface area (Å²) < 4.78 is 11.4. The highest BCUT2D eigenvalue weighted by molar-refractivity contribution is 7.21. The van der Waals surface area contributed by atoms with Gasteiger partial charge in [0.2, 0.25) is 0 Å². The van der Waals surface area contributed by atoms with E-state index in [1.165, 1.54) is 7.11 Å². The van der Waals surface area contributed by atoms with Crippen molar-refractivity contribution in [2.75, 3.05) is 40.4 Å². The summed E-state index contributed by atoms with van der Waals surface area (Å²) in [6.45, 7) is 2.16. The van der Waals surface area contributed by atoms with Gasteiger partial charge in [-0.25, -0.2) is 9.78 Å². The van der Waals surface area contributed by atoms with E-state index >= 15 is 0 Å². The Kier molecular flexibility index (Phi) is 6.92. The van der Waals surface area contributed by atoms with Crippen LogP contribution in [0.1, 0.15) is 22.0 Å². The molecule has 2 aromatic heterocycles. The Morgan fingerprint density at radius 1 is 0.972 bits per heavy atom. The van der Waals surface area contributed by atoms with Gasteiger partial charge in [0.15, 0.2) is 0 Å². The second-order valence-electron chi connectivity index (χ2n) is 8.47. The van der Waals surface area contributed by atoms with Gasteiger partial charge < -0.3 is 14.4 Å². The first kappa shape index (κ1) is 23.9. The van der Waals surface area contributed by atoms with E-state index in [-0.39, 0.29) is 11.9 Å². The SMILES string of the molecule is COC(=O)C(c1ccncc1)N1CCN(C(=O)c2cccc(-c3nc4ccc(OC)cc4s3)c2)CC1. The summed E-state index contributed by atoms with van der Waals surface area (Å²) in [5.74, 6) is 0.444. The number of piperazine rings is 1. The van der Waals surface area contributed by atoms with Gasteiger partial charge in [-0.3, -0.25) is 14.7 Å². The predicted molar refractivity (Wildman–Crippen MR) is 138 cm³/mol. The number of hydrogen-bond acceptors (Lipinski definition) is 8. The smallest absolute Gasteiger partial charge is 0.327 e. The van der Waals surface area contributed by atoms with Crippen LogP contribution in [0.2, 0.25) is 0 Å². The lowest BCUT2D eigenvalue weighted by atomic mass is 10.1. The summed E-state index contributed by atoms with van der Waals surface area (Å²) in [4.78, 5) is 38.6. The predicted octanol–water partition coefficient (Wildman–Crippen LogP) is 4.04. The maximum Gasteiger partial charge on any atom is 0.327 e. The van der Waals surface area contributed by atoms with Gasteiger partial charge in [-0.1, -0.05) is 12.1 Å². The average Bonchev–Trinajstić information content (AvgIpc) is 3.37. The topological polar surface area (TPSA) is 84.9 Å². The Balaban J connectivity index is 1.30. The molecule has 1 aliphatic heterocycles. The highest BCUT2D eigenvalue weighted by Gasteiger charge is 2.32. The van der Waals surface area contributed by atoms with E-state index in [1.54, 1.807) is 30.8 Å². The highest BCUT2D eigenvalue weighted by Crippen LogP contribution is 2.33. The monoisotopic (exact) mass is 502 g/mol. The summed E-state index contributed by atoms with van der Waals surface area (Å²) in [6, 6.07) is 16.5. The second kappa shape index (κ2) is 10.4. The van der Waals surface area contributed by atoms with E-state index in [1.807, 2.05) is 59.5 Å². The Bertz CT molecular complexity index is 1380. The van der Waals surface area contributed by atoms with E-state index in [0.29, 0.717) is 31.7 Å². The first-order valence-electron chi connectivity index (χ1n) is 11.6. The van der Waals surface area contributed by atoms with E-state index in [0.717, 1.165) is 32.1 Å². The van der Waals surface area contributed by atoms with E-state index < -0.39 is 6.04 Å². The molecule has 184 valence electrons. The maximum absolute atomic E-state index is 13.3. The van der Waals surface area contributed by atoms with Crippen molar-refractivity contribution in [2.24, 2.45) is 0 Å². The molecule has 1 fully saturated rings. The quantitative estimate of drug-likeness (QED) is 0.368. The van der Waals surface area contributed by atoms with Crippen LogP contribution in [0.25, 0.3) is 20.8 Å². The number of hydrogen-bond donors (Lipinski definition) is 0. The number of ether oxygens (including phenoxy) is 2. The Labute approximate surface area is 213 Å². The van der Waals surface area contributed by atoms with Crippen LogP contribution in [-0.4, -0.2) is 72.0 Å².